The first-order chi connectivity index (χ1) is 10.2. The molecule has 1 spiro atoms. The number of pyridine rings is 1. The van der Waals surface area contributed by atoms with Crippen LogP contribution in [0, 0.1) is 5.92 Å². The smallest absolute Gasteiger partial charge is 0.224 e. The fourth-order valence-corrected chi connectivity index (χ4v) is 3.30. The van der Waals surface area contributed by atoms with Crippen molar-refractivity contribution in [3.05, 3.63) is 23.9 Å². The van der Waals surface area contributed by atoms with Crippen molar-refractivity contribution in [2.45, 2.75) is 31.3 Å². The van der Waals surface area contributed by atoms with Crippen LogP contribution in [0.3, 0.4) is 0 Å². The monoisotopic (exact) mass is 291 g/mol. The number of aromatic nitrogens is 1. The molecule has 1 atom stereocenters. The number of nitrogens with zero attached hydrogens (tertiary/aromatic N) is 1. The number of ether oxygens (including phenoxy) is 3. The maximum Gasteiger partial charge on any atom is 0.224 e. The minimum atomic E-state index is -0.174. The summed E-state index contributed by atoms with van der Waals surface area (Å²) >= 11 is 0. The SMILES string of the molecule is COc1ncccc1C(=O)C1CCOC2(CCOCC2)C1. The van der Waals surface area contributed by atoms with E-state index < -0.39 is 0 Å². The number of carbonyl (C=O) groups is 1. The Hall–Kier alpha value is -1.46. The molecule has 0 aromatic carbocycles. The average molecular weight is 291 g/mol. The fraction of sp³-hybridized carbons (Fsp3) is 0.625. The highest BCUT2D eigenvalue weighted by atomic mass is 16.5. The zero-order chi connectivity index (χ0) is 14.7. The van der Waals surface area contributed by atoms with Gasteiger partial charge in [-0.05, 0) is 37.8 Å². The van der Waals surface area contributed by atoms with Crippen molar-refractivity contribution in [2.24, 2.45) is 5.92 Å². The Kier molecular flexibility index (Phi) is 4.22. The Morgan fingerprint density at radius 3 is 2.95 bits per heavy atom. The molecule has 0 radical (unpaired) electrons. The molecule has 21 heavy (non-hydrogen) atoms. The van der Waals surface area contributed by atoms with E-state index >= 15 is 0 Å². The van der Waals surface area contributed by atoms with E-state index in [1.54, 1.807) is 25.4 Å². The van der Waals surface area contributed by atoms with Gasteiger partial charge in [0, 0.05) is 31.9 Å². The van der Waals surface area contributed by atoms with E-state index in [0.717, 1.165) is 38.9 Å². The predicted molar refractivity (Wildman–Crippen MR) is 76.6 cm³/mol. The summed E-state index contributed by atoms with van der Waals surface area (Å²) in [7, 11) is 1.54. The van der Waals surface area contributed by atoms with E-state index in [0.29, 0.717) is 18.1 Å². The van der Waals surface area contributed by atoms with E-state index in [1.807, 2.05) is 0 Å². The number of carbonyl (C=O) groups excluding carboxylic acids is 1. The van der Waals surface area contributed by atoms with Crippen molar-refractivity contribution >= 4 is 5.78 Å². The lowest BCUT2D eigenvalue weighted by Gasteiger charge is -2.42. The van der Waals surface area contributed by atoms with Gasteiger partial charge in [0.05, 0.1) is 18.3 Å². The number of hydrogen-bond donors (Lipinski definition) is 0. The molecule has 0 N–H and O–H groups in total. The molecule has 0 amide bonds. The molecule has 2 saturated heterocycles. The molecule has 0 saturated carbocycles. The number of methoxy groups -OCH3 is 1. The maximum atomic E-state index is 12.8. The number of Topliss-reactive ketones (excluding diaryl/α,β-unsaturated/α-hetero) is 1. The van der Waals surface area contributed by atoms with Gasteiger partial charge in [-0.3, -0.25) is 4.79 Å². The van der Waals surface area contributed by atoms with Crippen molar-refractivity contribution in [1.29, 1.82) is 0 Å². The number of hydrogen-bond acceptors (Lipinski definition) is 5. The van der Waals surface area contributed by atoms with Crippen LogP contribution in [0.4, 0.5) is 0 Å². The van der Waals surface area contributed by atoms with Crippen molar-refractivity contribution in [1.82, 2.24) is 4.98 Å². The Balaban J connectivity index is 1.78. The molecule has 3 rings (SSSR count). The topological polar surface area (TPSA) is 57.7 Å². The van der Waals surface area contributed by atoms with Crippen molar-refractivity contribution < 1.29 is 19.0 Å². The largest absolute Gasteiger partial charge is 0.480 e. The molecule has 2 aliphatic heterocycles. The second-order valence-electron chi connectivity index (χ2n) is 5.76. The highest BCUT2D eigenvalue weighted by Crippen LogP contribution is 2.38. The van der Waals surface area contributed by atoms with Gasteiger partial charge in [0.2, 0.25) is 5.88 Å². The molecule has 0 aliphatic carbocycles. The van der Waals surface area contributed by atoms with Crippen molar-refractivity contribution in [3.63, 3.8) is 0 Å². The first-order valence-electron chi connectivity index (χ1n) is 7.49. The van der Waals surface area contributed by atoms with Gasteiger partial charge in [-0.1, -0.05) is 0 Å². The third-order valence-corrected chi connectivity index (χ3v) is 4.50. The van der Waals surface area contributed by atoms with E-state index in [4.69, 9.17) is 14.2 Å². The van der Waals surface area contributed by atoms with Crippen LogP contribution in [0.15, 0.2) is 18.3 Å². The van der Waals surface area contributed by atoms with Gasteiger partial charge < -0.3 is 14.2 Å². The summed E-state index contributed by atoms with van der Waals surface area (Å²) in [6.07, 6.45) is 4.92. The Morgan fingerprint density at radius 1 is 1.38 bits per heavy atom. The molecule has 0 bridgehead atoms. The van der Waals surface area contributed by atoms with Gasteiger partial charge in [0.1, 0.15) is 0 Å². The summed E-state index contributed by atoms with van der Waals surface area (Å²) in [5.41, 5.74) is 0.404. The zero-order valence-corrected chi connectivity index (χ0v) is 12.3. The summed E-state index contributed by atoms with van der Waals surface area (Å²) in [4.78, 5) is 16.9. The van der Waals surface area contributed by atoms with E-state index in [2.05, 4.69) is 4.98 Å². The molecule has 5 heteroatoms. The van der Waals surface area contributed by atoms with Crippen molar-refractivity contribution in [2.75, 3.05) is 26.9 Å². The van der Waals surface area contributed by atoms with E-state index in [9.17, 15) is 4.79 Å². The third-order valence-electron chi connectivity index (χ3n) is 4.50. The lowest BCUT2D eigenvalue weighted by Crippen LogP contribution is -2.45. The van der Waals surface area contributed by atoms with Crippen LogP contribution in [0.1, 0.15) is 36.0 Å². The Labute approximate surface area is 124 Å². The van der Waals surface area contributed by atoms with Gasteiger partial charge in [-0.2, -0.15) is 0 Å². The van der Waals surface area contributed by atoms with Crippen LogP contribution in [0.25, 0.3) is 0 Å². The van der Waals surface area contributed by atoms with Gasteiger partial charge >= 0.3 is 0 Å². The highest BCUT2D eigenvalue weighted by molar-refractivity contribution is 5.99. The molecule has 2 fully saturated rings. The van der Waals surface area contributed by atoms with Gasteiger partial charge in [-0.15, -0.1) is 0 Å². The molecule has 2 aliphatic rings. The predicted octanol–water partition coefficient (Wildman–Crippen LogP) is 2.25. The molecule has 114 valence electrons. The molecule has 1 aromatic heterocycles. The van der Waals surface area contributed by atoms with Crippen LogP contribution in [0.2, 0.25) is 0 Å². The Morgan fingerprint density at radius 2 is 2.19 bits per heavy atom. The summed E-state index contributed by atoms with van der Waals surface area (Å²) in [5.74, 6) is 0.513. The average Bonchev–Trinajstić information content (AvgIpc) is 2.55. The molecular weight excluding hydrogens is 270 g/mol. The Bertz CT molecular complexity index is 505. The molecule has 5 nitrogen and oxygen atoms in total. The second-order valence-corrected chi connectivity index (χ2v) is 5.76. The first-order valence-corrected chi connectivity index (χ1v) is 7.49. The number of ketones is 1. The normalized spacial score (nSPS) is 24.7. The quantitative estimate of drug-likeness (QED) is 0.799. The van der Waals surface area contributed by atoms with Crippen LogP contribution in [0.5, 0.6) is 5.88 Å². The first kappa shape index (κ1) is 14.5. The lowest BCUT2D eigenvalue weighted by molar-refractivity contribution is -0.142. The van der Waals surface area contributed by atoms with Gasteiger partial charge in [-0.25, -0.2) is 4.98 Å². The molecule has 1 aromatic rings. The van der Waals surface area contributed by atoms with Crippen LogP contribution >= 0.6 is 0 Å². The molecule has 1 unspecified atom stereocenters. The molecular formula is C16H21NO4. The minimum Gasteiger partial charge on any atom is -0.480 e. The van der Waals surface area contributed by atoms with Gasteiger partial charge in [0.25, 0.3) is 0 Å². The van der Waals surface area contributed by atoms with E-state index in [1.165, 1.54) is 0 Å². The van der Waals surface area contributed by atoms with Crippen LogP contribution in [-0.4, -0.2) is 43.3 Å². The lowest BCUT2D eigenvalue weighted by atomic mass is 9.78. The zero-order valence-electron chi connectivity index (χ0n) is 12.3. The van der Waals surface area contributed by atoms with Gasteiger partial charge in [0.15, 0.2) is 5.78 Å². The van der Waals surface area contributed by atoms with Crippen LogP contribution < -0.4 is 4.74 Å². The second kappa shape index (κ2) is 6.12. The molecule has 3 heterocycles. The standard InChI is InChI=1S/C16H21NO4/c1-19-15-13(3-2-7-17-15)14(18)12-4-8-21-16(11-12)5-9-20-10-6-16/h2-3,7,12H,4-6,8-11H2,1H3. The minimum absolute atomic E-state index is 0.0186. The summed E-state index contributed by atoms with van der Waals surface area (Å²) in [6, 6.07) is 3.57. The summed E-state index contributed by atoms with van der Waals surface area (Å²) < 4.78 is 16.6. The van der Waals surface area contributed by atoms with Crippen molar-refractivity contribution in [3.8, 4) is 5.88 Å². The summed E-state index contributed by atoms with van der Waals surface area (Å²) in [5, 5.41) is 0. The number of rotatable bonds is 3. The fourth-order valence-electron chi connectivity index (χ4n) is 3.30. The maximum absolute atomic E-state index is 12.8. The summed E-state index contributed by atoms with van der Waals surface area (Å²) in [6.45, 7) is 2.08. The highest BCUT2D eigenvalue weighted by Gasteiger charge is 2.41. The van der Waals surface area contributed by atoms with Crippen LogP contribution in [-0.2, 0) is 9.47 Å². The third kappa shape index (κ3) is 2.94. The van der Waals surface area contributed by atoms with E-state index in [-0.39, 0.29) is 17.3 Å².